The van der Waals surface area contributed by atoms with Crippen LogP contribution < -0.4 is 19.5 Å². The maximum Gasteiger partial charge on any atom is 0.235 e. The van der Waals surface area contributed by atoms with Crippen LogP contribution in [0.25, 0.3) is 0 Å². The molecule has 3 aromatic rings. The van der Waals surface area contributed by atoms with Gasteiger partial charge in [0.05, 0.1) is 27.6 Å². The number of sulfonamides is 1. The second-order valence-corrected chi connectivity index (χ2v) is 12.6. The lowest BCUT2D eigenvalue weighted by Crippen LogP contribution is -2.18. The van der Waals surface area contributed by atoms with Crippen LogP contribution in [0.3, 0.4) is 0 Å². The van der Waals surface area contributed by atoms with E-state index in [1.165, 1.54) is 18.2 Å². The number of aryl methyl sites for hydroxylation is 1. The number of rotatable bonds is 10. The molecule has 0 heterocycles. The van der Waals surface area contributed by atoms with Gasteiger partial charge in [-0.2, -0.15) is 0 Å². The number of ether oxygens (including phenoxy) is 1. The molecular formula is C25H24F3N3O4S2. The molecule has 37 heavy (non-hydrogen) atoms. The maximum absolute atomic E-state index is 14.7. The summed E-state index contributed by atoms with van der Waals surface area (Å²) < 4.78 is 91.8. The molecule has 0 spiro atoms. The van der Waals surface area contributed by atoms with Crippen molar-refractivity contribution < 1.29 is 30.5 Å². The van der Waals surface area contributed by atoms with Crippen molar-refractivity contribution in [1.29, 1.82) is 0 Å². The van der Waals surface area contributed by atoms with Crippen LogP contribution in [0.2, 0.25) is 0 Å². The third-order valence-electron chi connectivity index (χ3n) is 5.87. The van der Waals surface area contributed by atoms with E-state index in [4.69, 9.17) is 4.74 Å². The van der Waals surface area contributed by atoms with Crippen LogP contribution in [-0.4, -0.2) is 23.1 Å². The average Bonchev–Trinajstić information content (AvgIpc) is 3.72. The summed E-state index contributed by atoms with van der Waals surface area (Å²) in [5.41, 5.74) is 0.640. The van der Waals surface area contributed by atoms with E-state index < -0.39 is 43.7 Å². The number of anilines is 4. The Kier molecular flexibility index (Phi) is 6.80. The first-order valence-electron chi connectivity index (χ1n) is 11.6. The molecule has 5 rings (SSSR count). The average molecular weight is 552 g/mol. The lowest BCUT2D eigenvalue weighted by Gasteiger charge is -2.19. The van der Waals surface area contributed by atoms with E-state index in [1.54, 1.807) is 13.0 Å². The molecule has 1 atom stereocenters. The summed E-state index contributed by atoms with van der Waals surface area (Å²) >= 11 is 0. The van der Waals surface area contributed by atoms with Crippen molar-refractivity contribution >= 4 is 43.8 Å². The summed E-state index contributed by atoms with van der Waals surface area (Å²) in [6.45, 7) is 1.73. The molecule has 7 nitrogen and oxygen atoms in total. The molecule has 0 saturated heterocycles. The molecule has 3 N–H and O–H groups in total. The van der Waals surface area contributed by atoms with Crippen molar-refractivity contribution in [2.24, 2.45) is 0 Å². The zero-order valence-electron chi connectivity index (χ0n) is 19.7. The SMILES string of the molecule is Cc1ccc(Nc2cc(F)cc(Oc3ccc(F)c(NS(=O)(=O)C4CC4)c3)c2NS(=O)C2CC2)c(F)c1. The van der Waals surface area contributed by atoms with Gasteiger partial charge in [-0.1, -0.05) is 6.07 Å². The number of halogens is 3. The van der Waals surface area contributed by atoms with Crippen LogP contribution in [0, 0.1) is 24.4 Å². The zero-order valence-corrected chi connectivity index (χ0v) is 21.3. The lowest BCUT2D eigenvalue weighted by atomic mass is 10.2. The molecule has 3 aromatic carbocycles. The first kappa shape index (κ1) is 25.4. The van der Waals surface area contributed by atoms with E-state index in [0.717, 1.165) is 37.1 Å². The Labute approximate surface area is 215 Å². The van der Waals surface area contributed by atoms with Crippen molar-refractivity contribution in [2.45, 2.75) is 43.1 Å². The molecule has 12 heteroatoms. The van der Waals surface area contributed by atoms with E-state index in [2.05, 4.69) is 14.8 Å². The Morgan fingerprint density at radius 1 is 0.892 bits per heavy atom. The highest BCUT2D eigenvalue weighted by molar-refractivity contribution is 7.93. The molecule has 0 radical (unpaired) electrons. The Balaban J connectivity index is 1.50. The Bertz CT molecular complexity index is 1490. The van der Waals surface area contributed by atoms with Crippen LogP contribution in [0.4, 0.5) is 35.9 Å². The predicted octanol–water partition coefficient (Wildman–Crippen LogP) is 6.09. The van der Waals surface area contributed by atoms with E-state index >= 15 is 0 Å². The second kappa shape index (κ2) is 9.90. The van der Waals surface area contributed by atoms with E-state index in [9.17, 15) is 25.8 Å². The van der Waals surface area contributed by atoms with E-state index in [-0.39, 0.29) is 39.5 Å². The molecule has 0 aliphatic heterocycles. The maximum atomic E-state index is 14.7. The highest BCUT2D eigenvalue weighted by Crippen LogP contribution is 2.41. The highest BCUT2D eigenvalue weighted by Gasteiger charge is 2.36. The first-order valence-corrected chi connectivity index (χ1v) is 14.4. The summed E-state index contributed by atoms with van der Waals surface area (Å²) in [5, 5.41) is 2.17. The van der Waals surface area contributed by atoms with Crippen molar-refractivity contribution in [1.82, 2.24) is 0 Å². The molecule has 2 aliphatic rings. The van der Waals surface area contributed by atoms with Gasteiger partial charge in [0.25, 0.3) is 0 Å². The minimum absolute atomic E-state index is 0.00761. The number of benzene rings is 3. The van der Waals surface area contributed by atoms with Crippen LogP contribution in [0.5, 0.6) is 11.5 Å². The Morgan fingerprint density at radius 2 is 1.65 bits per heavy atom. The van der Waals surface area contributed by atoms with Crippen LogP contribution in [0.15, 0.2) is 48.5 Å². The van der Waals surface area contributed by atoms with Crippen molar-refractivity contribution in [3.05, 3.63) is 71.5 Å². The molecular weight excluding hydrogens is 527 g/mol. The van der Waals surface area contributed by atoms with Gasteiger partial charge in [-0.3, -0.25) is 9.44 Å². The van der Waals surface area contributed by atoms with Gasteiger partial charge in [-0.05, 0) is 68.5 Å². The fourth-order valence-corrected chi connectivity index (χ4v) is 6.12. The lowest BCUT2D eigenvalue weighted by molar-refractivity contribution is 0.478. The van der Waals surface area contributed by atoms with Crippen LogP contribution in [0.1, 0.15) is 31.2 Å². The van der Waals surface area contributed by atoms with E-state index in [1.807, 2.05) is 0 Å². The molecule has 2 aliphatic carbocycles. The standard InChI is InChI=1S/C25H24F3N3O4S2/c1-14-2-9-21(20(28)10-14)29-23-11-15(26)12-24(25(23)30-36(32)17-4-5-17)35-16-3-8-19(27)22(13-16)31-37(33,34)18-6-7-18/h2-3,8-13,17-18,29-31H,4-7H2,1H3. The summed E-state index contributed by atoms with van der Waals surface area (Å²) in [5.74, 6) is -2.20. The van der Waals surface area contributed by atoms with Crippen molar-refractivity contribution in [3.8, 4) is 11.5 Å². The van der Waals surface area contributed by atoms with Gasteiger partial charge in [-0.25, -0.2) is 25.8 Å². The summed E-state index contributed by atoms with van der Waals surface area (Å²) in [6.07, 6.45) is 2.52. The van der Waals surface area contributed by atoms with Crippen LogP contribution in [-0.2, 0) is 21.0 Å². The molecule has 0 aromatic heterocycles. The predicted molar refractivity (Wildman–Crippen MR) is 138 cm³/mol. The molecule has 2 saturated carbocycles. The Hall–Kier alpha value is -3.25. The van der Waals surface area contributed by atoms with E-state index in [0.29, 0.717) is 18.4 Å². The first-order chi connectivity index (χ1) is 17.6. The number of nitrogens with one attached hydrogen (secondary N) is 3. The molecule has 1 unspecified atom stereocenters. The zero-order chi connectivity index (χ0) is 26.3. The molecule has 2 fully saturated rings. The smallest absolute Gasteiger partial charge is 0.235 e. The summed E-state index contributed by atoms with van der Waals surface area (Å²) in [6, 6.07) is 10.1. The molecule has 196 valence electrons. The van der Waals surface area contributed by atoms with Gasteiger partial charge in [0, 0.05) is 12.1 Å². The Morgan fingerprint density at radius 3 is 2.32 bits per heavy atom. The quantitative estimate of drug-likeness (QED) is 0.283. The fourth-order valence-electron chi connectivity index (χ4n) is 3.59. The highest BCUT2D eigenvalue weighted by atomic mass is 32.2. The van der Waals surface area contributed by atoms with Crippen LogP contribution >= 0.6 is 0 Å². The summed E-state index contributed by atoms with van der Waals surface area (Å²) in [7, 11) is -5.26. The molecule has 0 bridgehead atoms. The van der Waals surface area contributed by atoms with Gasteiger partial charge in [-0.15, -0.1) is 0 Å². The van der Waals surface area contributed by atoms with Gasteiger partial charge < -0.3 is 10.1 Å². The van der Waals surface area contributed by atoms with Crippen molar-refractivity contribution in [3.63, 3.8) is 0 Å². The monoisotopic (exact) mass is 551 g/mol. The number of hydrogen-bond donors (Lipinski definition) is 3. The number of hydrogen-bond acceptors (Lipinski definition) is 5. The van der Waals surface area contributed by atoms with Gasteiger partial charge >= 0.3 is 0 Å². The topological polar surface area (TPSA) is 96.5 Å². The fraction of sp³-hybridized carbons (Fsp3) is 0.280. The third-order valence-corrected chi connectivity index (χ3v) is 9.21. The van der Waals surface area contributed by atoms with Gasteiger partial charge in [0.1, 0.15) is 39.9 Å². The second-order valence-electron chi connectivity index (χ2n) is 9.12. The van der Waals surface area contributed by atoms with Gasteiger partial charge in [0.15, 0.2) is 5.75 Å². The minimum atomic E-state index is -3.74. The summed E-state index contributed by atoms with van der Waals surface area (Å²) in [4.78, 5) is 0. The normalized spacial score (nSPS) is 16.2. The minimum Gasteiger partial charge on any atom is -0.455 e. The van der Waals surface area contributed by atoms with Crippen molar-refractivity contribution in [2.75, 3.05) is 14.8 Å². The molecule has 0 amide bonds. The third kappa shape index (κ3) is 6.02. The largest absolute Gasteiger partial charge is 0.455 e. The van der Waals surface area contributed by atoms with Gasteiger partial charge in [0.2, 0.25) is 10.0 Å².